The minimum absolute atomic E-state index is 0.0828. The summed E-state index contributed by atoms with van der Waals surface area (Å²) in [4.78, 5) is 11.4. The zero-order valence-corrected chi connectivity index (χ0v) is 11.7. The Morgan fingerprint density at radius 1 is 1.22 bits per heavy atom. The molecule has 2 nitrogen and oxygen atoms in total. The third kappa shape index (κ3) is 3.57. The lowest BCUT2D eigenvalue weighted by Crippen LogP contribution is -2.02. The Morgan fingerprint density at radius 2 is 2.00 bits per heavy atom. The van der Waals surface area contributed by atoms with Gasteiger partial charge in [-0.15, -0.1) is 0 Å². The minimum atomic E-state index is 0.0828. The van der Waals surface area contributed by atoms with Crippen molar-refractivity contribution < 1.29 is 9.53 Å². The van der Waals surface area contributed by atoms with Crippen molar-refractivity contribution in [1.29, 1.82) is 0 Å². The number of Topliss-reactive ketones (excluding diaryl/α,β-unsaturated/α-hetero) is 1. The molecule has 0 amide bonds. The number of carbonyl (C=O) groups is 1. The van der Waals surface area contributed by atoms with Gasteiger partial charge in [-0.05, 0) is 42.7 Å². The molecule has 0 unspecified atom stereocenters. The van der Waals surface area contributed by atoms with Crippen LogP contribution < -0.4 is 4.74 Å². The number of carbonyl (C=O) groups excluding carboxylic acids is 1. The van der Waals surface area contributed by atoms with Crippen LogP contribution in [-0.2, 0) is 0 Å². The molecule has 94 valence electrons. The van der Waals surface area contributed by atoms with E-state index in [2.05, 4.69) is 34.2 Å². The molecular weight excluding hydrogens is 292 g/mol. The molecule has 0 radical (unpaired) electrons. The monoisotopic (exact) mass is 306 g/mol. The quantitative estimate of drug-likeness (QED) is 0.609. The Hall–Kier alpha value is -1.35. The standard InChI is InChI=1S/C15H15BrO2/c16-10-15(17)13-6-8-14(9-7-13)18-11-12-4-2-1-3-5-12/h2,4-9H,1,3,10-11H2. The Labute approximate surface area is 115 Å². The number of allylic oxidation sites excluding steroid dienone is 2. The molecule has 1 aliphatic rings. The summed E-state index contributed by atoms with van der Waals surface area (Å²) in [6.07, 6.45) is 8.67. The van der Waals surface area contributed by atoms with Gasteiger partial charge in [-0.2, -0.15) is 0 Å². The number of rotatable bonds is 5. The normalized spacial score (nSPS) is 14.2. The van der Waals surface area contributed by atoms with Crippen LogP contribution in [0.5, 0.6) is 5.75 Å². The zero-order chi connectivity index (χ0) is 12.8. The number of hydrogen-bond acceptors (Lipinski definition) is 2. The maximum atomic E-state index is 11.4. The van der Waals surface area contributed by atoms with Crippen molar-refractivity contribution in [2.45, 2.75) is 12.8 Å². The van der Waals surface area contributed by atoms with Crippen molar-refractivity contribution in [3.8, 4) is 5.75 Å². The maximum absolute atomic E-state index is 11.4. The molecule has 0 N–H and O–H groups in total. The Kier molecular flexibility index (Phi) is 4.76. The van der Waals surface area contributed by atoms with E-state index in [0.717, 1.165) is 18.6 Å². The molecule has 0 bridgehead atoms. The maximum Gasteiger partial charge on any atom is 0.173 e. The third-order valence-electron chi connectivity index (χ3n) is 2.77. The van der Waals surface area contributed by atoms with Crippen LogP contribution in [0, 0.1) is 0 Å². The lowest BCUT2D eigenvalue weighted by molar-refractivity contribution is 0.102. The fourth-order valence-corrected chi connectivity index (χ4v) is 2.08. The lowest BCUT2D eigenvalue weighted by atomic mass is 10.1. The number of benzene rings is 1. The SMILES string of the molecule is O=C(CBr)c1ccc(OCC2=CCCC=C2)cc1. The lowest BCUT2D eigenvalue weighted by Gasteiger charge is -2.09. The summed E-state index contributed by atoms with van der Waals surface area (Å²) in [5, 5.41) is 0.352. The van der Waals surface area contributed by atoms with Gasteiger partial charge in [0, 0.05) is 5.56 Å². The summed E-state index contributed by atoms with van der Waals surface area (Å²) in [6, 6.07) is 7.26. The van der Waals surface area contributed by atoms with E-state index in [-0.39, 0.29) is 5.78 Å². The second-order valence-electron chi connectivity index (χ2n) is 4.13. The highest BCUT2D eigenvalue weighted by atomic mass is 79.9. The van der Waals surface area contributed by atoms with Crippen LogP contribution in [0.15, 0.2) is 48.1 Å². The van der Waals surface area contributed by atoms with Gasteiger partial charge in [0.15, 0.2) is 5.78 Å². The molecule has 0 spiro atoms. The first-order chi connectivity index (χ1) is 8.79. The first-order valence-corrected chi connectivity index (χ1v) is 7.09. The van der Waals surface area contributed by atoms with Gasteiger partial charge in [0.1, 0.15) is 12.4 Å². The summed E-state index contributed by atoms with van der Waals surface area (Å²) < 4.78 is 5.67. The molecule has 2 rings (SSSR count). The molecule has 0 aliphatic heterocycles. The van der Waals surface area contributed by atoms with Crippen molar-refractivity contribution >= 4 is 21.7 Å². The van der Waals surface area contributed by atoms with E-state index in [1.165, 1.54) is 5.57 Å². The summed E-state index contributed by atoms with van der Waals surface area (Å²) in [5.41, 5.74) is 1.91. The molecule has 1 aromatic carbocycles. The van der Waals surface area contributed by atoms with Gasteiger partial charge in [-0.1, -0.05) is 34.2 Å². The van der Waals surface area contributed by atoms with Crippen molar-refractivity contribution in [3.05, 3.63) is 53.6 Å². The van der Waals surface area contributed by atoms with Crippen LogP contribution in [0.25, 0.3) is 0 Å². The number of ketones is 1. The number of halogens is 1. The highest BCUT2D eigenvalue weighted by Gasteiger charge is 2.04. The molecular formula is C15H15BrO2. The first kappa shape index (κ1) is 13.1. The van der Waals surface area contributed by atoms with Gasteiger partial charge in [0.2, 0.25) is 0 Å². The second kappa shape index (κ2) is 6.55. The Bertz CT molecular complexity index is 472. The zero-order valence-electron chi connectivity index (χ0n) is 10.1. The van der Waals surface area contributed by atoms with E-state index >= 15 is 0 Å². The fraction of sp³-hybridized carbons (Fsp3) is 0.267. The molecule has 18 heavy (non-hydrogen) atoms. The molecule has 1 aromatic rings. The molecule has 3 heteroatoms. The van der Waals surface area contributed by atoms with E-state index in [0.29, 0.717) is 17.5 Å². The number of ether oxygens (including phenoxy) is 1. The van der Waals surface area contributed by atoms with Crippen molar-refractivity contribution in [3.63, 3.8) is 0 Å². The van der Waals surface area contributed by atoms with E-state index in [4.69, 9.17) is 4.74 Å². The van der Waals surface area contributed by atoms with Gasteiger partial charge in [-0.25, -0.2) is 0 Å². The van der Waals surface area contributed by atoms with Crippen LogP contribution in [0.4, 0.5) is 0 Å². The third-order valence-corrected chi connectivity index (χ3v) is 3.28. The number of hydrogen-bond donors (Lipinski definition) is 0. The Balaban J connectivity index is 1.92. The Morgan fingerprint density at radius 3 is 2.61 bits per heavy atom. The highest BCUT2D eigenvalue weighted by molar-refractivity contribution is 9.09. The molecule has 0 atom stereocenters. The topological polar surface area (TPSA) is 26.3 Å². The van der Waals surface area contributed by atoms with Crippen LogP contribution >= 0.6 is 15.9 Å². The van der Waals surface area contributed by atoms with Gasteiger partial charge in [0.05, 0.1) is 5.33 Å². The molecule has 0 fully saturated rings. The van der Waals surface area contributed by atoms with E-state index in [9.17, 15) is 4.79 Å². The van der Waals surface area contributed by atoms with Crippen molar-refractivity contribution in [2.24, 2.45) is 0 Å². The first-order valence-electron chi connectivity index (χ1n) is 5.97. The van der Waals surface area contributed by atoms with Crippen LogP contribution in [0.1, 0.15) is 23.2 Å². The smallest absolute Gasteiger partial charge is 0.173 e. The molecule has 0 saturated heterocycles. The summed E-state index contributed by atoms with van der Waals surface area (Å²) in [5.74, 6) is 0.875. The second-order valence-corrected chi connectivity index (χ2v) is 4.69. The molecule has 0 heterocycles. The minimum Gasteiger partial charge on any atom is -0.489 e. The molecule has 0 aromatic heterocycles. The number of alkyl halides is 1. The summed E-state index contributed by atoms with van der Waals surface area (Å²) in [6.45, 7) is 0.586. The molecule has 0 saturated carbocycles. The van der Waals surface area contributed by atoms with Crippen LogP contribution in [0.2, 0.25) is 0 Å². The summed E-state index contributed by atoms with van der Waals surface area (Å²) in [7, 11) is 0. The van der Waals surface area contributed by atoms with Crippen LogP contribution in [0.3, 0.4) is 0 Å². The van der Waals surface area contributed by atoms with Crippen molar-refractivity contribution in [1.82, 2.24) is 0 Å². The summed E-state index contributed by atoms with van der Waals surface area (Å²) >= 11 is 3.16. The van der Waals surface area contributed by atoms with Crippen molar-refractivity contribution in [2.75, 3.05) is 11.9 Å². The predicted octanol–water partition coefficient (Wildman–Crippen LogP) is 3.92. The predicted molar refractivity (Wildman–Crippen MR) is 76.5 cm³/mol. The highest BCUT2D eigenvalue weighted by Crippen LogP contribution is 2.16. The van der Waals surface area contributed by atoms with Crippen LogP contribution in [-0.4, -0.2) is 17.7 Å². The van der Waals surface area contributed by atoms with Gasteiger partial charge in [-0.3, -0.25) is 4.79 Å². The van der Waals surface area contributed by atoms with Gasteiger partial charge in [0.25, 0.3) is 0 Å². The van der Waals surface area contributed by atoms with Gasteiger partial charge < -0.3 is 4.74 Å². The fourth-order valence-electron chi connectivity index (χ4n) is 1.76. The average Bonchev–Trinajstić information content (AvgIpc) is 2.46. The van der Waals surface area contributed by atoms with E-state index < -0.39 is 0 Å². The van der Waals surface area contributed by atoms with Gasteiger partial charge >= 0.3 is 0 Å². The largest absolute Gasteiger partial charge is 0.489 e. The average molecular weight is 307 g/mol. The van der Waals surface area contributed by atoms with E-state index in [1.54, 1.807) is 12.1 Å². The van der Waals surface area contributed by atoms with E-state index in [1.807, 2.05) is 12.1 Å². The molecule has 1 aliphatic carbocycles.